The first-order chi connectivity index (χ1) is 9.38. The van der Waals surface area contributed by atoms with E-state index in [1.165, 1.54) is 24.6 Å². The van der Waals surface area contributed by atoms with Gasteiger partial charge in [0.1, 0.15) is 0 Å². The third kappa shape index (κ3) is 5.16. The molecule has 1 saturated heterocycles. The lowest BCUT2D eigenvalue weighted by molar-refractivity contribution is 0.307. The number of thioether (sulfide) groups is 1. The molecule has 5 nitrogen and oxygen atoms in total. The van der Waals surface area contributed by atoms with E-state index < -0.39 is 0 Å². The van der Waals surface area contributed by atoms with Crippen LogP contribution in [0.2, 0.25) is 0 Å². The van der Waals surface area contributed by atoms with Crippen molar-refractivity contribution in [3.8, 4) is 0 Å². The van der Waals surface area contributed by atoms with Crippen LogP contribution in [0.15, 0.2) is 28.0 Å². The van der Waals surface area contributed by atoms with E-state index in [9.17, 15) is 0 Å². The molecule has 0 bridgehead atoms. The van der Waals surface area contributed by atoms with Gasteiger partial charge in [0.05, 0.1) is 12.5 Å². The van der Waals surface area contributed by atoms with Crippen LogP contribution in [-0.2, 0) is 6.54 Å². The van der Waals surface area contributed by atoms with Gasteiger partial charge >= 0.3 is 0 Å². The predicted molar refractivity (Wildman–Crippen MR) is 80.7 cm³/mol. The number of hydrogen-bond donors (Lipinski definition) is 2. The van der Waals surface area contributed by atoms with E-state index in [0.29, 0.717) is 0 Å². The van der Waals surface area contributed by atoms with E-state index in [1.54, 1.807) is 19.6 Å². The molecule has 0 spiro atoms. The lowest BCUT2D eigenvalue weighted by atomic mass is 10.3. The van der Waals surface area contributed by atoms with Gasteiger partial charge in [-0.05, 0) is 6.07 Å². The topological polar surface area (TPSA) is 52.8 Å². The molecule has 6 heteroatoms. The van der Waals surface area contributed by atoms with Crippen molar-refractivity contribution in [1.82, 2.24) is 15.5 Å². The van der Waals surface area contributed by atoms with Crippen molar-refractivity contribution < 1.29 is 4.42 Å². The van der Waals surface area contributed by atoms with Crippen molar-refractivity contribution >= 4 is 17.7 Å². The highest BCUT2D eigenvalue weighted by Crippen LogP contribution is 2.07. The zero-order valence-corrected chi connectivity index (χ0v) is 12.2. The van der Waals surface area contributed by atoms with Crippen LogP contribution in [0, 0.1) is 0 Å². The van der Waals surface area contributed by atoms with Gasteiger partial charge in [0.25, 0.3) is 0 Å². The largest absolute Gasteiger partial charge is 0.472 e. The maximum Gasteiger partial charge on any atom is 0.191 e. The Balaban J connectivity index is 1.62. The summed E-state index contributed by atoms with van der Waals surface area (Å²) in [6.07, 6.45) is 3.42. The molecule has 2 rings (SSSR count). The third-order valence-electron chi connectivity index (χ3n) is 3.09. The summed E-state index contributed by atoms with van der Waals surface area (Å²) in [6.45, 7) is 5.14. The lowest BCUT2D eigenvalue weighted by Gasteiger charge is -2.26. The molecule has 106 valence electrons. The Hall–Kier alpha value is -1.14. The van der Waals surface area contributed by atoms with Gasteiger partial charge in [-0.1, -0.05) is 0 Å². The van der Waals surface area contributed by atoms with E-state index in [1.807, 2.05) is 17.8 Å². The molecule has 0 atom stereocenters. The molecule has 1 aliphatic heterocycles. The maximum absolute atomic E-state index is 5.03. The number of aliphatic imine (C=N–C) groups is 1. The first-order valence-corrected chi connectivity index (χ1v) is 7.79. The van der Waals surface area contributed by atoms with Gasteiger partial charge < -0.3 is 15.1 Å². The van der Waals surface area contributed by atoms with Crippen molar-refractivity contribution in [2.45, 2.75) is 6.54 Å². The van der Waals surface area contributed by atoms with E-state index in [0.717, 1.165) is 31.2 Å². The fraction of sp³-hybridized carbons (Fsp3) is 0.615. The summed E-state index contributed by atoms with van der Waals surface area (Å²) in [6, 6.07) is 1.95. The molecule has 0 aliphatic carbocycles. The number of hydrogen-bond acceptors (Lipinski definition) is 4. The minimum absolute atomic E-state index is 0.733. The molecule has 2 heterocycles. The van der Waals surface area contributed by atoms with E-state index in [2.05, 4.69) is 20.5 Å². The number of furan rings is 1. The Morgan fingerprint density at radius 1 is 1.42 bits per heavy atom. The standard InChI is InChI=1S/C13H22N4OS/c1-14-13(16-10-12-2-7-18-11-12)15-3-4-17-5-8-19-9-6-17/h2,7,11H,3-6,8-10H2,1H3,(H2,14,15,16). The quantitative estimate of drug-likeness (QED) is 0.623. The highest BCUT2D eigenvalue weighted by molar-refractivity contribution is 7.99. The fourth-order valence-corrected chi connectivity index (χ4v) is 2.94. The average Bonchev–Trinajstić information content (AvgIpc) is 2.97. The zero-order valence-electron chi connectivity index (χ0n) is 11.4. The summed E-state index contributed by atoms with van der Waals surface area (Å²) in [7, 11) is 1.79. The maximum atomic E-state index is 5.03. The molecule has 1 aliphatic rings. The molecule has 0 radical (unpaired) electrons. The second kappa shape index (κ2) is 8.12. The number of rotatable bonds is 5. The highest BCUT2D eigenvalue weighted by atomic mass is 32.2. The molecule has 0 saturated carbocycles. The molecule has 1 aromatic rings. The normalized spacial score (nSPS) is 17.4. The van der Waals surface area contributed by atoms with Crippen LogP contribution >= 0.6 is 11.8 Å². The molecule has 1 fully saturated rings. The van der Waals surface area contributed by atoms with Crippen LogP contribution in [-0.4, -0.2) is 55.6 Å². The Morgan fingerprint density at radius 2 is 2.26 bits per heavy atom. The van der Waals surface area contributed by atoms with Crippen molar-refractivity contribution in [1.29, 1.82) is 0 Å². The average molecular weight is 282 g/mol. The van der Waals surface area contributed by atoms with Gasteiger partial charge in [-0.3, -0.25) is 9.89 Å². The summed E-state index contributed by atoms with van der Waals surface area (Å²) in [5, 5.41) is 6.60. The van der Waals surface area contributed by atoms with Gasteiger partial charge in [0.2, 0.25) is 0 Å². The van der Waals surface area contributed by atoms with Crippen LogP contribution in [0.5, 0.6) is 0 Å². The van der Waals surface area contributed by atoms with Gasteiger partial charge in [-0.25, -0.2) is 0 Å². The Morgan fingerprint density at radius 3 is 2.95 bits per heavy atom. The molecule has 1 aromatic heterocycles. The SMILES string of the molecule is CN=C(NCCN1CCSCC1)NCc1ccoc1. The molecule has 0 aromatic carbocycles. The predicted octanol–water partition coefficient (Wildman–Crippen LogP) is 0.993. The van der Waals surface area contributed by atoms with Crippen LogP contribution in [0.4, 0.5) is 0 Å². The Kier molecular flexibility index (Phi) is 6.10. The van der Waals surface area contributed by atoms with Gasteiger partial charge in [-0.2, -0.15) is 11.8 Å². The smallest absolute Gasteiger partial charge is 0.191 e. The minimum atomic E-state index is 0.733. The van der Waals surface area contributed by atoms with Gasteiger partial charge in [0.15, 0.2) is 5.96 Å². The Labute approximate surface area is 118 Å². The Bertz CT molecular complexity index is 374. The molecule has 19 heavy (non-hydrogen) atoms. The fourth-order valence-electron chi connectivity index (χ4n) is 1.96. The van der Waals surface area contributed by atoms with Crippen LogP contribution in [0.25, 0.3) is 0 Å². The summed E-state index contributed by atoms with van der Waals surface area (Å²) in [4.78, 5) is 6.70. The number of nitrogens with one attached hydrogen (secondary N) is 2. The van der Waals surface area contributed by atoms with Gasteiger partial charge in [0, 0.05) is 56.8 Å². The van der Waals surface area contributed by atoms with Crippen molar-refractivity contribution in [2.75, 3.05) is 44.7 Å². The molecular formula is C13H22N4OS. The zero-order chi connectivity index (χ0) is 13.3. The molecular weight excluding hydrogens is 260 g/mol. The van der Waals surface area contributed by atoms with E-state index in [-0.39, 0.29) is 0 Å². The molecule has 2 N–H and O–H groups in total. The number of nitrogens with zero attached hydrogens (tertiary/aromatic N) is 2. The summed E-state index contributed by atoms with van der Waals surface area (Å²) >= 11 is 2.04. The first-order valence-electron chi connectivity index (χ1n) is 6.64. The number of guanidine groups is 1. The van der Waals surface area contributed by atoms with Crippen molar-refractivity contribution in [3.63, 3.8) is 0 Å². The van der Waals surface area contributed by atoms with Crippen LogP contribution < -0.4 is 10.6 Å². The summed E-state index contributed by atoms with van der Waals surface area (Å²) < 4.78 is 5.03. The minimum Gasteiger partial charge on any atom is -0.472 e. The second-order valence-corrected chi connectivity index (χ2v) is 5.66. The molecule has 0 amide bonds. The summed E-state index contributed by atoms with van der Waals surface area (Å²) in [5.74, 6) is 3.36. The van der Waals surface area contributed by atoms with Crippen LogP contribution in [0.1, 0.15) is 5.56 Å². The third-order valence-corrected chi connectivity index (χ3v) is 4.03. The van der Waals surface area contributed by atoms with Gasteiger partial charge in [-0.15, -0.1) is 0 Å². The lowest BCUT2D eigenvalue weighted by Crippen LogP contribution is -2.43. The monoisotopic (exact) mass is 282 g/mol. The highest BCUT2D eigenvalue weighted by Gasteiger charge is 2.09. The molecule has 0 unspecified atom stereocenters. The van der Waals surface area contributed by atoms with Crippen molar-refractivity contribution in [2.24, 2.45) is 4.99 Å². The second-order valence-electron chi connectivity index (χ2n) is 4.44. The van der Waals surface area contributed by atoms with Crippen molar-refractivity contribution in [3.05, 3.63) is 24.2 Å². The first kappa shape index (κ1) is 14.3. The van der Waals surface area contributed by atoms with E-state index >= 15 is 0 Å². The van der Waals surface area contributed by atoms with Crippen LogP contribution in [0.3, 0.4) is 0 Å². The van der Waals surface area contributed by atoms with E-state index in [4.69, 9.17) is 4.42 Å². The summed E-state index contributed by atoms with van der Waals surface area (Å²) in [5.41, 5.74) is 1.12.